The van der Waals surface area contributed by atoms with E-state index in [2.05, 4.69) is 34.1 Å². The summed E-state index contributed by atoms with van der Waals surface area (Å²) < 4.78 is 81.5. The van der Waals surface area contributed by atoms with Gasteiger partial charge in [0.2, 0.25) is 0 Å². The first-order valence-corrected chi connectivity index (χ1v) is 15.5. The van der Waals surface area contributed by atoms with Crippen LogP contribution in [0.25, 0.3) is 0 Å². The predicted octanol–water partition coefficient (Wildman–Crippen LogP) is 7.54. The third-order valence-electron chi connectivity index (χ3n) is 9.85. The molecule has 1 amide bonds. The van der Waals surface area contributed by atoms with Crippen LogP contribution in [0.5, 0.6) is 0 Å². The number of halogens is 6. The lowest BCUT2D eigenvalue weighted by atomic mass is 9.86. The number of carbonyl (C=O) groups is 1. The quantitative estimate of drug-likeness (QED) is 0.264. The van der Waals surface area contributed by atoms with Gasteiger partial charge in [-0.05, 0) is 79.9 Å². The van der Waals surface area contributed by atoms with E-state index in [9.17, 15) is 31.1 Å². The van der Waals surface area contributed by atoms with Gasteiger partial charge in [0, 0.05) is 43.8 Å². The molecule has 0 aromatic heterocycles. The number of rotatable bonds is 6. The Bertz CT molecular complexity index is 1450. The fraction of sp³-hybridized carbons (Fsp3) is 0.457. The fourth-order valence-corrected chi connectivity index (χ4v) is 7.57. The molecule has 240 valence electrons. The van der Waals surface area contributed by atoms with Gasteiger partial charge >= 0.3 is 12.4 Å². The summed E-state index contributed by atoms with van der Waals surface area (Å²) in [5, 5.41) is 0. The molecule has 4 nitrogen and oxygen atoms in total. The molecular formula is C35H37F6N3O. The van der Waals surface area contributed by atoms with Crippen molar-refractivity contribution in [1.29, 1.82) is 0 Å². The molecule has 3 atom stereocenters. The van der Waals surface area contributed by atoms with Gasteiger partial charge < -0.3 is 4.90 Å². The molecule has 45 heavy (non-hydrogen) atoms. The predicted molar refractivity (Wildman–Crippen MR) is 159 cm³/mol. The van der Waals surface area contributed by atoms with Gasteiger partial charge in [-0.2, -0.15) is 26.3 Å². The number of benzene rings is 3. The van der Waals surface area contributed by atoms with Crippen LogP contribution >= 0.6 is 0 Å². The summed E-state index contributed by atoms with van der Waals surface area (Å²) in [5.74, 6) is -0.795. The SMILES string of the molecule is O=C(c1cc(C(F)(F)F)cc(C(F)(F)F)c1)N1CCC(N2CCC3(CCN(Cc4ccccc4)C3)C2)CC1Cc1ccccc1. The highest BCUT2D eigenvalue weighted by molar-refractivity contribution is 5.95. The number of hydrogen-bond acceptors (Lipinski definition) is 3. The number of likely N-dealkylation sites (tertiary alicyclic amines) is 3. The van der Waals surface area contributed by atoms with Crippen molar-refractivity contribution in [2.75, 3.05) is 32.7 Å². The summed E-state index contributed by atoms with van der Waals surface area (Å²) in [6, 6.07) is 20.9. The zero-order valence-corrected chi connectivity index (χ0v) is 25.0. The summed E-state index contributed by atoms with van der Waals surface area (Å²) in [5.41, 5.74) is -1.06. The van der Waals surface area contributed by atoms with E-state index < -0.39 is 35.0 Å². The van der Waals surface area contributed by atoms with Crippen molar-refractivity contribution >= 4 is 5.91 Å². The van der Waals surface area contributed by atoms with E-state index >= 15 is 0 Å². The molecule has 3 aromatic carbocycles. The van der Waals surface area contributed by atoms with Crippen LogP contribution in [0.4, 0.5) is 26.3 Å². The first-order chi connectivity index (χ1) is 21.4. The molecule has 3 fully saturated rings. The Morgan fingerprint density at radius 2 is 1.36 bits per heavy atom. The van der Waals surface area contributed by atoms with Crippen LogP contribution < -0.4 is 0 Å². The lowest BCUT2D eigenvalue weighted by molar-refractivity contribution is -0.143. The van der Waals surface area contributed by atoms with Gasteiger partial charge in [0.1, 0.15) is 0 Å². The minimum absolute atomic E-state index is 0.0671. The van der Waals surface area contributed by atoms with Gasteiger partial charge in [-0.3, -0.25) is 14.6 Å². The van der Waals surface area contributed by atoms with E-state index in [1.54, 1.807) is 0 Å². The number of hydrogen-bond donors (Lipinski definition) is 0. The lowest BCUT2D eigenvalue weighted by Gasteiger charge is -2.43. The van der Waals surface area contributed by atoms with E-state index in [1.165, 1.54) is 10.5 Å². The van der Waals surface area contributed by atoms with Crippen molar-refractivity contribution in [3.05, 3.63) is 107 Å². The minimum Gasteiger partial charge on any atom is -0.335 e. The highest BCUT2D eigenvalue weighted by atomic mass is 19.4. The Morgan fingerprint density at radius 1 is 0.756 bits per heavy atom. The molecule has 0 saturated carbocycles. The van der Waals surface area contributed by atoms with E-state index in [0.29, 0.717) is 31.4 Å². The first kappa shape index (κ1) is 31.6. The van der Waals surface area contributed by atoms with Gasteiger partial charge in [0.25, 0.3) is 5.91 Å². The summed E-state index contributed by atoms with van der Waals surface area (Å²) >= 11 is 0. The number of piperidine rings is 1. The molecular weight excluding hydrogens is 592 g/mol. The Balaban J connectivity index is 1.19. The molecule has 3 saturated heterocycles. The zero-order chi connectivity index (χ0) is 31.8. The molecule has 0 aliphatic carbocycles. The third kappa shape index (κ3) is 7.22. The van der Waals surface area contributed by atoms with Gasteiger partial charge in [-0.1, -0.05) is 60.7 Å². The van der Waals surface area contributed by atoms with Crippen LogP contribution in [0.15, 0.2) is 78.9 Å². The fourth-order valence-electron chi connectivity index (χ4n) is 7.57. The van der Waals surface area contributed by atoms with Crippen molar-refractivity contribution < 1.29 is 31.1 Å². The molecule has 6 rings (SSSR count). The van der Waals surface area contributed by atoms with Crippen LogP contribution in [-0.4, -0.2) is 65.4 Å². The molecule has 3 aliphatic heterocycles. The highest BCUT2D eigenvalue weighted by Gasteiger charge is 2.46. The lowest BCUT2D eigenvalue weighted by Crippen LogP contribution is -2.52. The van der Waals surface area contributed by atoms with Gasteiger partial charge in [-0.15, -0.1) is 0 Å². The average molecular weight is 630 g/mol. The Hall–Kier alpha value is -3.37. The van der Waals surface area contributed by atoms with Crippen LogP contribution in [0.3, 0.4) is 0 Å². The molecule has 0 N–H and O–H groups in total. The largest absolute Gasteiger partial charge is 0.416 e. The van der Waals surface area contributed by atoms with Crippen LogP contribution in [0, 0.1) is 5.41 Å². The number of carbonyl (C=O) groups excluding carboxylic acids is 1. The van der Waals surface area contributed by atoms with Crippen LogP contribution in [-0.2, 0) is 25.3 Å². The van der Waals surface area contributed by atoms with E-state index in [-0.39, 0.29) is 30.1 Å². The Morgan fingerprint density at radius 3 is 1.98 bits per heavy atom. The molecule has 0 radical (unpaired) electrons. The van der Waals surface area contributed by atoms with Crippen molar-refractivity contribution in [1.82, 2.24) is 14.7 Å². The van der Waals surface area contributed by atoms with E-state index in [4.69, 9.17) is 0 Å². The maximum absolute atomic E-state index is 13.7. The number of alkyl halides is 6. The highest BCUT2D eigenvalue weighted by Crippen LogP contribution is 2.43. The van der Waals surface area contributed by atoms with Gasteiger partial charge in [-0.25, -0.2) is 0 Å². The topological polar surface area (TPSA) is 26.8 Å². The second-order valence-electron chi connectivity index (χ2n) is 13.0. The zero-order valence-electron chi connectivity index (χ0n) is 25.0. The standard InChI is InChI=1S/C35H37F6N3O/c36-34(37,38)28-18-27(19-29(20-28)35(39,40)41)32(45)44-14-11-30(21-31(44)17-25-7-3-1-4-8-25)43-16-13-33(24-43)12-15-42(23-33)22-26-9-5-2-6-10-26/h1-10,18-20,30-31H,11-17,21-24H2. The second-order valence-corrected chi connectivity index (χ2v) is 13.0. The van der Waals surface area contributed by atoms with E-state index in [1.807, 2.05) is 36.4 Å². The minimum atomic E-state index is -5.02. The molecule has 3 heterocycles. The summed E-state index contributed by atoms with van der Waals surface area (Å²) in [4.78, 5) is 20.3. The Kier molecular flexibility index (Phi) is 8.73. The van der Waals surface area contributed by atoms with Crippen LogP contribution in [0.2, 0.25) is 0 Å². The summed E-state index contributed by atoms with van der Waals surface area (Å²) in [6.45, 7) is 5.16. The molecule has 10 heteroatoms. The van der Waals surface area contributed by atoms with Gasteiger partial charge in [0.05, 0.1) is 11.1 Å². The Labute approximate surface area is 259 Å². The van der Waals surface area contributed by atoms with E-state index in [0.717, 1.165) is 51.1 Å². The van der Waals surface area contributed by atoms with Crippen molar-refractivity contribution in [2.45, 2.75) is 63.1 Å². The second kappa shape index (κ2) is 12.4. The average Bonchev–Trinajstić information content (AvgIpc) is 3.62. The normalized spacial score (nSPS) is 24.9. The molecule has 0 bridgehead atoms. The van der Waals surface area contributed by atoms with Crippen molar-refractivity contribution in [3.8, 4) is 0 Å². The maximum atomic E-state index is 13.7. The van der Waals surface area contributed by atoms with Crippen molar-refractivity contribution in [3.63, 3.8) is 0 Å². The molecule has 3 aromatic rings. The molecule has 3 unspecified atom stereocenters. The monoisotopic (exact) mass is 629 g/mol. The third-order valence-corrected chi connectivity index (χ3v) is 9.85. The summed E-state index contributed by atoms with van der Waals surface area (Å²) in [6.07, 6.45) is -6.13. The smallest absolute Gasteiger partial charge is 0.335 e. The molecule has 3 aliphatic rings. The number of amides is 1. The molecule has 1 spiro atoms. The first-order valence-electron chi connectivity index (χ1n) is 15.5. The number of nitrogens with zero attached hydrogens (tertiary/aromatic N) is 3. The maximum Gasteiger partial charge on any atom is 0.416 e. The van der Waals surface area contributed by atoms with Gasteiger partial charge in [0.15, 0.2) is 0 Å². The van der Waals surface area contributed by atoms with Crippen molar-refractivity contribution in [2.24, 2.45) is 5.41 Å². The summed E-state index contributed by atoms with van der Waals surface area (Å²) in [7, 11) is 0. The van der Waals surface area contributed by atoms with Crippen LogP contribution in [0.1, 0.15) is 58.3 Å².